The Morgan fingerprint density at radius 3 is 2.64 bits per heavy atom. The van der Waals surface area contributed by atoms with Gasteiger partial charge in [-0.3, -0.25) is 0 Å². The summed E-state index contributed by atoms with van der Waals surface area (Å²) in [7, 11) is 0. The van der Waals surface area contributed by atoms with Crippen LogP contribution >= 0.6 is 11.3 Å². The molecule has 3 heterocycles. The minimum absolute atomic E-state index is 0.589. The summed E-state index contributed by atoms with van der Waals surface area (Å²) in [5.41, 5.74) is 4.18. The van der Waals surface area contributed by atoms with E-state index in [1.54, 1.807) is 11.3 Å². The van der Waals surface area contributed by atoms with E-state index in [0.29, 0.717) is 12.0 Å². The summed E-state index contributed by atoms with van der Waals surface area (Å²) in [6, 6.07) is 23.3. The van der Waals surface area contributed by atoms with Gasteiger partial charge in [-0.2, -0.15) is 0 Å². The lowest BCUT2D eigenvalue weighted by atomic mass is 10.2. The second-order valence-electron chi connectivity index (χ2n) is 8.33. The Labute approximate surface area is 198 Å². The lowest BCUT2D eigenvalue weighted by Crippen LogP contribution is -2.23. The van der Waals surface area contributed by atoms with Crippen LogP contribution < -0.4 is 15.4 Å². The van der Waals surface area contributed by atoms with E-state index < -0.39 is 0 Å². The third kappa shape index (κ3) is 5.41. The van der Waals surface area contributed by atoms with Gasteiger partial charge < -0.3 is 15.4 Å². The average Bonchev–Trinajstić information content (AvgIpc) is 3.55. The smallest absolute Gasteiger partial charge is 0.227 e. The van der Waals surface area contributed by atoms with Crippen LogP contribution in [0.2, 0.25) is 0 Å². The van der Waals surface area contributed by atoms with Crippen molar-refractivity contribution in [3.05, 3.63) is 78.5 Å². The van der Waals surface area contributed by atoms with Crippen LogP contribution in [0, 0.1) is 6.92 Å². The minimum Gasteiger partial charge on any atom is -0.494 e. The SMILES string of the molecule is Cc1cnc(Nc2ccc(OCCC3CCCN3)cc2)nc1-c1ccc(-c2ccccc2)s1. The van der Waals surface area contributed by atoms with Crippen LogP contribution in [0.15, 0.2) is 72.9 Å². The van der Waals surface area contributed by atoms with Crippen LogP contribution in [0.1, 0.15) is 24.8 Å². The van der Waals surface area contributed by atoms with Crippen molar-refractivity contribution in [1.29, 1.82) is 0 Å². The summed E-state index contributed by atoms with van der Waals surface area (Å²) in [4.78, 5) is 11.7. The van der Waals surface area contributed by atoms with E-state index in [1.165, 1.54) is 23.3 Å². The lowest BCUT2D eigenvalue weighted by molar-refractivity contribution is 0.292. The van der Waals surface area contributed by atoms with E-state index in [9.17, 15) is 0 Å². The molecule has 168 valence electrons. The monoisotopic (exact) mass is 456 g/mol. The summed E-state index contributed by atoms with van der Waals surface area (Å²) in [5, 5.41) is 6.83. The molecule has 0 radical (unpaired) electrons. The largest absolute Gasteiger partial charge is 0.494 e. The highest BCUT2D eigenvalue weighted by Gasteiger charge is 2.14. The fourth-order valence-corrected chi connectivity index (χ4v) is 5.13. The molecule has 2 N–H and O–H groups in total. The van der Waals surface area contributed by atoms with Gasteiger partial charge >= 0.3 is 0 Å². The van der Waals surface area contributed by atoms with E-state index >= 15 is 0 Å². The Morgan fingerprint density at radius 2 is 1.85 bits per heavy atom. The van der Waals surface area contributed by atoms with Gasteiger partial charge in [0.2, 0.25) is 5.95 Å². The van der Waals surface area contributed by atoms with Gasteiger partial charge in [0, 0.05) is 22.8 Å². The summed E-state index contributed by atoms with van der Waals surface area (Å²) < 4.78 is 5.91. The number of anilines is 2. The number of aromatic nitrogens is 2. The molecule has 5 rings (SSSR count). The molecule has 1 fully saturated rings. The molecule has 0 amide bonds. The van der Waals surface area contributed by atoms with Crippen molar-refractivity contribution in [2.24, 2.45) is 0 Å². The number of rotatable bonds is 8. The number of aryl methyl sites for hydroxylation is 1. The zero-order valence-corrected chi connectivity index (χ0v) is 19.6. The molecule has 1 atom stereocenters. The third-order valence-corrected chi connectivity index (χ3v) is 7.02. The fourth-order valence-electron chi connectivity index (χ4n) is 4.06. The number of benzene rings is 2. The summed E-state index contributed by atoms with van der Waals surface area (Å²) in [5.74, 6) is 1.47. The van der Waals surface area contributed by atoms with Crippen LogP contribution in [-0.2, 0) is 0 Å². The lowest BCUT2D eigenvalue weighted by Gasteiger charge is -2.12. The van der Waals surface area contributed by atoms with E-state index in [2.05, 4.69) is 52.0 Å². The highest BCUT2D eigenvalue weighted by atomic mass is 32.1. The molecule has 33 heavy (non-hydrogen) atoms. The third-order valence-electron chi connectivity index (χ3n) is 5.88. The van der Waals surface area contributed by atoms with Crippen molar-refractivity contribution in [3.8, 4) is 26.8 Å². The predicted molar refractivity (Wildman–Crippen MR) is 136 cm³/mol. The first-order valence-electron chi connectivity index (χ1n) is 11.5. The van der Waals surface area contributed by atoms with E-state index in [1.807, 2.05) is 43.5 Å². The average molecular weight is 457 g/mol. The second-order valence-corrected chi connectivity index (χ2v) is 9.42. The topological polar surface area (TPSA) is 59.1 Å². The van der Waals surface area contributed by atoms with Gasteiger partial charge in [0.15, 0.2) is 0 Å². The van der Waals surface area contributed by atoms with Crippen molar-refractivity contribution >= 4 is 23.0 Å². The van der Waals surface area contributed by atoms with Gasteiger partial charge in [-0.1, -0.05) is 30.3 Å². The molecule has 2 aromatic heterocycles. The standard InChI is InChI=1S/C27H28N4OS/c1-19-18-29-27(31-26(19)25-14-13-24(33-25)20-6-3-2-4-7-20)30-22-9-11-23(12-10-22)32-17-15-21-8-5-16-28-21/h2-4,6-7,9-14,18,21,28H,5,8,15-17H2,1H3,(H,29,30,31). The number of ether oxygens (including phenoxy) is 1. The Hall–Kier alpha value is -3.22. The van der Waals surface area contributed by atoms with Gasteiger partial charge in [-0.15, -0.1) is 11.3 Å². The van der Waals surface area contributed by atoms with Gasteiger partial charge in [0.05, 0.1) is 17.2 Å². The van der Waals surface area contributed by atoms with Crippen molar-refractivity contribution in [2.75, 3.05) is 18.5 Å². The highest BCUT2D eigenvalue weighted by Crippen LogP contribution is 2.35. The first kappa shape index (κ1) is 21.6. The number of hydrogen-bond donors (Lipinski definition) is 2. The summed E-state index contributed by atoms with van der Waals surface area (Å²) >= 11 is 1.75. The van der Waals surface area contributed by atoms with Crippen molar-refractivity contribution < 1.29 is 4.74 Å². The second kappa shape index (κ2) is 10.1. The predicted octanol–water partition coefficient (Wildman–Crippen LogP) is 6.45. The Bertz CT molecular complexity index is 1180. The number of nitrogens with zero attached hydrogens (tertiary/aromatic N) is 2. The van der Waals surface area contributed by atoms with Crippen molar-refractivity contribution in [2.45, 2.75) is 32.2 Å². The van der Waals surface area contributed by atoms with Crippen LogP contribution in [0.25, 0.3) is 21.0 Å². The molecule has 1 aliphatic heterocycles. The maximum absolute atomic E-state index is 5.91. The molecule has 4 aromatic rings. The summed E-state index contributed by atoms with van der Waals surface area (Å²) in [6.45, 7) is 3.92. The van der Waals surface area contributed by atoms with Crippen LogP contribution in [0.3, 0.4) is 0 Å². The van der Waals surface area contributed by atoms with E-state index in [-0.39, 0.29) is 0 Å². The molecule has 0 bridgehead atoms. The minimum atomic E-state index is 0.589. The van der Waals surface area contributed by atoms with Crippen molar-refractivity contribution in [1.82, 2.24) is 15.3 Å². The molecule has 0 spiro atoms. The highest BCUT2D eigenvalue weighted by molar-refractivity contribution is 7.18. The molecule has 1 saturated heterocycles. The van der Waals surface area contributed by atoms with E-state index in [4.69, 9.17) is 9.72 Å². The zero-order valence-electron chi connectivity index (χ0n) is 18.8. The van der Waals surface area contributed by atoms with Crippen molar-refractivity contribution in [3.63, 3.8) is 0 Å². The van der Waals surface area contributed by atoms with Gasteiger partial charge in [-0.05, 0) is 80.3 Å². The molecule has 1 aliphatic rings. The van der Waals surface area contributed by atoms with Gasteiger partial charge in [0.1, 0.15) is 5.75 Å². The molecule has 2 aromatic carbocycles. The van der Waals surface area contributed by atoms with Crippen LogP contribution in [0.5, 0.6) is 5.75 Å². The first-order valence-corrected chi connectivity index (χ1v) is 12.3. The molecule has 5 nitrogen and oxygen atoms in total. The quantitative estimate of drug-likeness (QED) is 0.319. The van der Waals surface area contributed by atoms with Gasteiger partial charge in [-0.25, -0.2) is 9.97 Å². The van der Waals surface area contributed by atoms with Crippen LogP contribution in [0.4, 0.5) is 11.6 Å². The molecular formula is C27H28N4OS. The zero-order chi connectivity index (χ0) is 22.5. The number of nitrogens with one attached hydrogen (secondary N) is 2. The molecule has 0 aliphatic carbocycles. The fraction of sp³-hybridized carbons (Fsp3) is 0.259. The maximum Gasteiger partial charge on any atom is 0.227 e. The maximum atomic E-state index is 5.91. The molecule has 6 heteroatoms. The molecule has 1 unspecified atom stereocenters. The van der Waals surface area contributed by atoms with E-state index in [0.717, 1.165) is 47.1 Å². The normalized spacial score (nSPS) is 15.5. The Balaban J connectivity index is 1.24. The Morgan fingerprint density at radius 1 is 1.03 bits per heavy atom. The van der Waals surface area contributed by atoms with Crippen LogP contribution in [-0.4, -0.2) is 29.2 Å². The molecule has 0 saturated carbocycles. The molecular weight excluding hydrogens is 428 g/mol. The van der Waals surface area contributed by atoms with Gasteiger partial charge in [0.25, 0.3) is 0 Å². The number of thiophene rings is 1. The first-order chi connectivity index (χ1) is 16.2. The Kier molecular flexibility index (Phi) is 6.65. The number of hydrogen-bond acceptors (Lipinski definition) is 6. The summed E-state index contributed by atoms with van der Waals surface area (Å²) in [6.07, 6.45) is 5.45.